The number of anilines is 1. The van der Waals surface area contributed by atoms with Crippen molar-refractivity contribution in [2.24, 2.45) is 0 Å². The van der Waals surface area contributed by atoms with Crippen LogP contribution in [0.3, 0.4) is 0 Å². The first-order valence-corrected chi connectivity index (χ1v) is 11.0. The highest BCUT2D eigenvalue weighted by atomic mass is 32.1. The summed E-state index contributed by atoms with van der Waals surface area (Å²) in [5.74, 6) is -1.29. The molecule has 9 heteroatoms. The summed E-state index contributed by atoms with van der Waals surface area (Å²) in [7, 11) is 0. The molecule has 1 amide bonds. The molecule has 1 saturated heterocycles. The monoisotopic (exact) mass is 453 g/mol. The summed E-state index contributed by atoms with van der Waals surface area (Å²) in [6.45, 7) is 4.27. The Labute approximate surface area is 188 Å². The van der Waals surface area contributed by atoms with E-state index < -0.39 is 11.6 Å². The average molecular weight is 454 g/mol. The Balaban J connectivity index is 1.25. The molecule has 1 aliphatic heterocycles. The molecule has 0 bridgehead atoms. The van der Waals surface area contributed by atoms with Crippen molar-refractivity contribution in [2.75, 3.05) is 38.0 Å². The summed E-state index contributed by atoms with van der Waals surface area (Å²) in [6.07, 6.45) is 0. The first-order valence-electron chi connectivity index (χ1n) is 10.1. The zero-order valence-electron chi connectivity index (χ0n) is 17.2. The number of thiazole rings is 1. The molecule has 0 atom stereocenters. The Morgan fingerprint density at radius 2 is 1.81 bits per heavy atom. The van der Waals surface area contributed by atoms with Gasteiger partial charge in [-0.05, 0) is 35.9 Å². The summed E-state index contributed by atoms with van der Waals surface area (Å²) in [6, 6.07) is 12.9. The Hall–Kier alpha value is -3.19. The van der Waals surface area contributed by atoms with Crippen LogP contribution >= 0.6 is 11.3 Å². The highest BCUT2D eigenvalue weighted by Crippen LogP contribution is 2.27. The molecular formula is C23H21F2N5OS. The molecule has 1 aromatic heterocycles. The van der Waals surface area contributed by atoms with Gasteiger partial charge in [0.25, 0.3) is 0 Å². The molecule has 0 saturated carbocycles. The molecule has 1 N–H and O–H groups in total. The maximum Gasteiger partial charge on any atom is 0.240 e. The molecule has 164 valence electrons. The molecule has 1 aliphatic rings. The molecule has 1 fully saturated rings. The number of nitrogens with zero attached hydrogens (tertiary/aromatic N) is 4. The van der Waals surface area contributed by atoms with Crippen LogP contribution in [0, 0.1) is 23.0 Å². The van der Waals surface area contributed by atoms with Gasteiger partial charge >= 0.3 is 0 Å². The van der Waals surface area contributed by atoms with Crippen LogP contribution in [0.5, 0.6) is 0 Å². The minimum absolute atomic E-state index is 0.0696. The van der Waals surface area contributed by atoms with Crippen molar-refractivity contribution in [3.63, 3.8) is 0 Å². The van der Waals surface area contributed by atoms with Crippen LogP contribution in [0.25, 0.3) is 11.3 Å². The van der Waals surface area contributed by atoms with E-state index in [-0.39, 0.29) is 18.0 Å². The lowest BCUT2D eigenvalue weighted by Crippen LogP contribution is -2.48. The number of aromatic nitrogens is 1. The number of hydrogen-bond donors (Lipinski definition) is 1. The normalized spacial score (nSPS) is 14.8. The summed E-state index contributed by atoms with van der Waals surface area (Å²) in [4.78, 5) is 21.0. The number of nitriles is 1. The van der Waals surface area contributed by atoms with Gasteiger partial charge < -0.3 is 5.32 Å². The van der Waals surface area contributed by atoms with Crippen molar-refractivity contribution >= 4 is 22.4 Å². The number of halogens is 2. The second-order valence-electron chi connectivity index (χ2n) is 7.57. The quantitative estimate of drug-likeness (QED) is 0.616. The minimum Gasteiger partial charge on any atom is -0.301 e. The standard InChI is InChI=1S/C23H21F2N5OS/c24-18-5-6-20(25)19(11-18)21-15-32-23(27-21)28-22(31)14-30-9-7-29(8-10-30)13-17-3-1-16(12-26)2-4-17/h1-6,11,15H,7-10,13-14H2,(H,27,28,31). The number of amides is 1. The average Bonchev–Trinajstić information content (AvgIpc) is 3.25. The fraction of sp³-hybridized carbons (Fsp3) is 0.261. The van der Waals surface area contributed by atoms with Crippen LogP contribution in [0.4, 0.5) is 13.9 Å². The number of benzene rings is 2. The van der Waals surface area contributed by atoms with Crippen molar-refractivity contribution in [3.8, 4) is 17.3 Å². The molecule has 0 unspecified atom stereocenters. The van der Waals surface area contributed by atoms with E-state index in [1.54, 1.807) is 5.38 Å². The van der Waals surface area contributed by atoms with Gasteiger partial charge in [0.1, 0.15) is 11.6 Å². The zero-order chi connectivity index (χ0) is 22.5. The number of piperazine rings is 1. The van der Waals surface area contributed by atoms with Gasteiger partial charge in [0.05, 0.1) is 23.9 Å². The minimum atomic E-state index is -0.562. The topological polar surface area (TPSA) is 72.3 Å². The van der Waals surface area contributed by atoms with Gasteiger partial charge in [-0.2, -0.15) is 5.26 Å². The Morgan fingerprint density at radius 1 is 1.09 bits per heavy atom. The lowest BCUT2D eigenvalue weighted by Gasteiger charge is -2.34. The molecule has 32 heavy (non-hydrogen) atoms. The third-order valence-electron chi connectivity index (χ3n) is 5.28. The Morgan fingerprint density at radius 3 is 2.53 bits per heavy atom. The van der Waals surface area contributed by atoms with Crippen molar-refractivity contribution < 1.29 is 13.6 Å². The number of hydrogen-bond acceptors (Lipinski definition) is 6. The molecule has 2 aromatic carbocycles. The van der Waals surface area contributed by atoms with E-state index in [4.69, 9.17) is 5.26 Å². The van der Waals surface area contributed by atoms with E-state index in [0.29, 0.717) is 16.4 Å². The van der Waals surface area contributed by atoms with Crippen molar-refractivity contribution in [1.29, 1.82) is 5.26 Å². The lowest BCUT2D eigenvalue weighted by molar-refractivity contribution is -0.117. The van der Waals surface area contributed by atoms with Gasteiger partial charge in [-0.3, -0.25) is 14.6 Å². The summed E-state index contributed by atoms with van der Waals surface area (Å²) in [5, 5.41) is 13.6. The van der Waals surface area contributed by atoms with Crippen LogP contribution in [0.1, 0.15) is 11.1 Å². The number of nitrogens with one attached hydrogen (secondary N) is 1. The number of rotatable bonds is 6. The SMILES string of the molecule is N#Cc1ccc(CN2CCN(CC(=O)Nc3nc(-c4cc(F)ccc4F)cs3)CC2)cc1. The Bertz CT molecular complexity index is 1130. The maximum atomic E-state index is 13.9. The second kappa shape index (κ2) is 9.96. The van der Waals surface area contributed by atoms with Crippen LogP contribution in [0.2, 0.25) is 0 Å². The van der Waals surface area contributed by atoms with Crippen LogP contribution in [-0.2, 0) is 11.3 Å². The van der Waals surface area contributed by atoms with Crippen molar-refractivity contribution in [2.45, 2.75) is 6.54 Å². The highest BCUT2D eigenvalue weighted by molar-refractivity contribution is 7.14. The third-order valence-corrected chi connectivity index (χ3v) is 6.03. The van der Waals surface area contributed by atoms with Crippen molar-refractivity contribution in [3.05, 3.63) is 70.6 Å². The second-order valence-corrected chi connectivity index (χ2v) is 8.43. The maximum absolute atomic E-state index is 13.9. The fourth-order valence-electron chi connectivity index (χ4n) is 3.56. The molecule has 0 spiro atoms. The van der Waals surface area contributed by atoms with Crippen LogP contribution in [0.15, 0.2) is 47.8 Å². The smallest absolute Gasteiger partial charge is 0.240 e. The van der Waals surface area contributed by atoms with Gasteiger partial charge in [-0.1, -0.05) is 12.1 Å². The molecule has 3 aromatic rings. The third kappa shape index (κ3) is 5.53. The predicted molar refractivity (Wildman–Crippen MR) is 119 cm³/mol. The summed E-state index contributed by atoms with van der Waals surface area (Å²) < 4.78 is 27.3. The largest absolute Gasteiger partial charge is 0.301 e. The van der Waals surface area contributed by atoms with E-state index in [2.05, 4.69) is 26.2 Å². The van der Waals surface area contributed by atoms with E-state index in [9.17, 15) is 13.6 Å². The van der Waals surface area contributed by atoms with E-state index in [1.807, 2.05) is 24.3 Å². The van der Waals surface area contributed by atoms with E-state index in [0.717, 1.165) is 56.5 Å². The van der Waals surface area contributed by atoms with Crippen LogP contribution < -0.4 is 5.32 Å². The van der Waals surface area contributed by atoms with Crippen LogP contribution in [-0.4, -0.2) is 53.4 Å². The van der Waals surface area contributed by atoms with Gasteiger partial charge in [0.2, 0.25) is 5.91 Å². The van der Waals surface area contributed by atoms with E-state index >= 15 is 0 Å². The Kier molecular flexibility index (Phi) is 6.85. The lowest BCUT2D eigenvalue weighted by atomic mass is 10.1. The highest BCUT2D eigenvalue weighted by Gasteiger charge is 2.20. The van der Waals surface area contributed by atoms with Crippen molar-refractivity contribution in [1.82, 2.24) is 14.8 Å². The van der Waals surface area contributed by atoms with Gasteiger partial charge in [-0.15, -0.1) is 11.3 Å². The number of carbonyl (C=O) groups excluding carboxylic acids is 1. The molecule has 0 radical (unpaired) electrons. The zero-order valence-corrected chi connectivity index (χ0v) is 18.0. The summed E-state index contributed by atoms with van der Waals surface area (Å²) >= 11 is 1.17. The molecule has 2 heterocycles. The summed E-state index contributed by atoms with van der Waals surface area (Å²) in [5.41, 5.74) is 2.17. The first kappa shape index (κ1) is 22.0. The fourth-order valence-corrected chi connectivity index (χ4v) is 4.29. The molecule has 6 nitrogen and oxygen atoms in total. The predicted octanol–water partition coefficient (Wildman–Crippen LogP) is 3.72. The molecule has 0 aliphatic carbocycles. The number of carbonyl (C=O) groups is 1. The molecular weight excluding hydrogens is 432 g/mol. The van der Waals surface area contributed by atoms with E-state index in [1.165, 1.54) is 11.3 Å². The van der Waals surface area contributed by atoms with Gasteiger partial charge in [0, 0.05) is 43.7 Å². The van der Waals surface area contributed by atoms with Gasteiger partial charge in [0.15, 0.2) is 5.13 Å². The van der Waals surface area contributed by atoms with Gasteiger partial charge in [-0.25, -0.2) is 13.8 Å². The first-order chi connectivity index (χ1) is 15.5. The molecule has 4 rings (SSSR count).